The van der Waals surface area contributed by atoms with Gasteiger partial charge in [-0.25, -0.2) is 0 Å². The first-order valence-electron chi connectivity index (χ1n) is 4.76. The van der Waals surface area contributed by atoms with E-state index in [9.17, 15) is 4.79 Å². The largest absolute Gasteiger partial charge is 0.307 e. The van der Waals surface area contributed by atoms with Crippen LogP contribution in [-0.4, -0.2) is 12.6 Å². The standard InChI is InChI=1S/C5H12.C3H6O.C2H6.CH2O.H2/c1-4-5(2)3;1-3(2)4;2*1-2;/h5H,4H2,1-3H3;1-2H3;1-2H3;1H2;1H. The van der Waals surface area contributed by atoms with Crippen LogP contribution < -0.4 is 0 Å². The van der Waals surface area contributed by atoms with Gasteiger partial charge in [-0.05, 0) is 19.8 Å². The van der Waals surface area contributed by atoms with E-state index in [1.807, 2.05) is 20.6 Å². The molecule has 0 rings (SSSR count). The maximum Gasteiger partial charge on any atom is 0.126 e. The van der Waals surface area contributed by atoms with Crippen molar-refractivity contribution >= 4 is 12.6 Å². The first-order valence-corrected chi connectivity index (χ1v) is 4.76. The Morgan fingerprint density at radius 2 is 1.31 bits per heavy atom. The molecule has 0 aromatic heterocycles. The molecule has 0 aliphatic carbocycles. The van der Waals surface area contributed by atoms with Crippen molar-refractivity contribution in [2.75, 3.05) is 0 Å². The number of carbonyl (C=O) groups is 2. The van der Waals surface area contributed by atoms with E-state index in [1.165, 1.54) is 20.3 Å². The molecule has 0 aliphatic heterocycles. The van der Waals surface area contributed by atoms with E-state index < -0.39 is 0 Å². The van der Waals surface area contributed by atoms with Gasteiger partial charge in [0.1, 0.15) is 12.6 Å². The molecule has 0 unspecified atom stereocenters. The number of hydrogen-bond donors (Lipinski definition) is 0. The summed E-state index contributed by atoms with van der Waals surface area (Å²) in [6.45, 7) is 15.7. The van der Waals surface area contributed by atoms with Gasteiger partial charge in [-0.1, -0.05) is 41.0 Å². The van der Waals surface area contributed by atoms with E-state index in [-0.39, 0.29) is 7.21 Å². The van der Waals surface area contributed by atoms with Gasteiger partial charge in [0.25, 0.3) is 0 Å². The highest BCUT2D eigenvalue weighted by molar-refractivity contribution is 5.72. The predicted octanol–water partition coefficient (Wildman–Crippen LogP) is 3.74. The molecule has 2 heteroatoms. The number of Topliss-reactive ketones (excluding diaryl/α,β-unsaturated/α-hetero) is 1. The van der Waals surface area contributed by atoms with Gasteiger partial charge in [-0.2, -0.15) is 0 Å². The molecule has 13 heavy (non-hydrogen) atoms. The van der Waals surface area contributed by atoms with Crippen LogP contribution in [0.15, 0.2) is 0 Å². The fourth-order valence-corrected chi connectivity index (χ4v) is 0. The van der Waals surface area contributed by atoms with Crippen LogP contribution in [0, 0.1) is 5.92 Å². The van der Waals surface area contributed by atoms with Crippen molar-refractivity contribution in [3.05, 3.63) is 0 Å². The fraction of sp³-hybridized carbons (Fsp3) is 0.818. The van der Waals surface area contributed by atoms with E-state index in [0.29, 0.717) is 0 Å². The molecule has 0 fully saturated rings. The molecule has 0 N–H and O–H groups in total. The van der Waals surface area contributed by atoms with Crippen molar-refractivity contribution in [2.45, 2.75) is 54.9 Å². The highest BCUT2D eigenvalue weighted by atomic mass is 16.1. The van der Waals surface area contributed by atoms with Crippen molar-refractivity contribution in [1.29, 1.82) is 0 Å². The summed E-state index contributed by atoms with van der Waals surface area (Å²) in [6, 6.07) is 0. The third-order valence-electron chi connectivity index (χ3n) is 0.816. The molecule has 0 radical (unpaired) electrons. The molecule has 0 atom stereocenters. The molecular formula is C11H28O2. The minimum Gasteiger partial charge on any atom is -0.307 e. The molecule has 0 aromatic carbocycles. The van der Waals surface area contributed by atoms with Crippen LogP contribution in [0.25, 0.3) is 0 Å². The van der Waals surface area contributed by atoms with Crippen LogP contribution in [0.1, 0.15) is 56.3 Å². The van der Waals surface area contributed by atoms with Crippen LogP contribution in [0.2, 0.25) is 0 Å². The zero-order valence-corrected chi connectivity index (χ0v) is 10.3. The molecule has 0 aromatic rings. The normalized spacial score (nSPS) is 6.46. The first kappa shape index (κ1) is 22.8. The fourth-order valence-electron chi connectivity index (χ4n) is 0. The lowest BCUT2D eigenvalue weighted by atomic mass is 10.2. The average Bonchev–Trinajstić information content (AvgIpc) is 2.10. The molecule has 0 aliphatic rings. The van der Waals surface area contributed by atoms with Gasteiger partial charge in [0.2, 0.25) is 0 Å². The van der Waals surface area contributed by atoms with Crippen LogP contribution in [0.3, 0.4) is 0 Å². The Morgan fingerprint density at radius 1 is 1.23 bits per heavy atom. The molecule has 0 spiro atoms. The van der Waals surface area contributed by atoms with Gasteiger partial charge in [-0.15, -0.1) is 0 Å². The van der Waals surface area contributed by atoms with E-state index in [2.05, 4.69) is 20.8 Å². The predicted molar refractivity (Wildman–Crippen MR) is 62.1 cm³/mol. The van der Waals surface area contributed by atoms with Gasteiger partial charge >= 0.3 is 0 Å². The van der Waals surface area contributed by atoms with Gasteiger partial charge < -0.3 is 9.59 Å². The third-order valence-corrected chi connectivity index (χ3v) is 0.816. The van der Waals surface area contributed by atoms with Crippen molar-refractivity contribution < 1.29 is 11.0 Å². The van der Waals surface area contributed by atoms with E-state index in [0.717, 1.165) is 5.92 Å². The molecule has 0 bridgehead atoms. The SMILES string of the molecule is C=O.CC.CC(C)=O.CCC(C)C.[HH]. The van der Waals surface area contributed by atoms with Crippen molar-refractivity contribution in [3.63, 3.8) is 0 Å². The zero-order chi connectivity index (χ0) is 11.9. The molecule has 0 amide bonds. The monoisotopic (exact) mass is 192 g/mol. The van der Waals surface area contributed by atoms with Crippen molar-refractivity contribution in [3.8, 4) is 0 Å². The smallest absolute Gasteiger partial charge is 0.126 e. The van der Waals surface area contributed by atoms with Crippen LogP contribution in [0.5, 0.6) is 0 Å². The topological polar surface area (TPSA) is 34.1 Å². The third kappa shape index (κ3) is 551. The Hall–Kier alpha value is -0.660. The lowest BCUT2D eigenvalue weighted by Crippen LogP contribution is -1.77. The van der Waals surface area contributed by atoms with E-state index in [1.54, 1.807) is 0 Å². The summed E-state index contributed by atoms with van der Waals surface area (Å²) in [4.78, 5) is 17.4. The van der Waals surface area contributed by atoms with Gasteiger partial charge in [0.15, 0.2) is 0 Å². The maximum absolute atomic E-state index is 9.44. The second kappa shape index (κ2) is 30.2. The van der Waals surface area contributed by atoms with Gasteiger partial charge in [0.05, 0.1) is 0 Å². The Morgan fingerprint density at radius 3 is 1.31 bits per heavy atom. The summed E-state index contributed by atoms with van der Waals surface area (Å²) in [5, 5.41) is 0. The Kier molecular flexibility index (Phi) is 52.9. The number of hydrogen-bond acceptors (Lipinski definition) is 2. The maximum atomic E-state index is 9.44. The van der Waals surface area contributed by atoms with Crippen molar-refractivity contribution in [2.24, 2.45) is 5.92 Å². The molecule has 0 saturated carbocycles. The van der Waals surface area contributed by atoms with Crippen LogP contribution in [-0.2, 0) is 9.59 Å². The minimum atomic E-state index is 0. The lowest BCUT2D eigenvalue weighted by Gasteiger charge is -1.90. The quantitative estimate of drug-likeness (QED) is 0.634. The first-order chi connectivity index (χ1) is 6.00. The number of carbonyl (C=O) groups excluding carboxylic acids is 2. The van der Waals surface area contributed by atoms with E-state index >= 15 is 0 Å². The summed E-state index contributed by atoms with van der Waals surface area (Å²) < 4.78 is 0. The van der Waals surface area contributed by atoms with Gasteiger partial charge in [-0.3, -0.25) is 0 Å². The number of rotatable bonds is 1. The Balaban J connectivity index is -0.0000000273. The minimum absolute atomic E-state index is 0. The Labute approximate surface area is 85.2 Å². The summed E-state index contributed by atoms with van der Waals surface area (Å²) in [6.07, 6.45) is 1.31. The van der Waals surface area contributed by atoms with Crippen LogP contribution >= 0.6 is 0 Å². The highest BCUT2D eigenvalue weighted by Gasteiger charge is 1.80. The summed E-state index contributed by atoms with van der Waals surface area (Å²) in [5.41, 5.74) is 0. The molecule has 84 valence electrons. The molecule has 0 heterocycles. The lowest BCUT2D eigenvalue weighted by molar-refractivity contribution is -0.115. The zero-order valence-electron chi connectivity index (χ0n) is 10.3. The number of ketones is 1. The molecule has 2 nitrogen and oxygen atoms in total. The highest BCUT2D eigenvalue weighted by Crippen LogP contribution is 1.93. The second-order valence-corrected chi connectivity index (χ2v) is 2.71. The molecule has 0 saturated heterocycles. The summed E-state index contributed by atoms with van der Waals surface area (Å²) in [7, 11) is 0. The average molecular weight is 192 g/mol. The Bertz CT molecular complexity index is 79.4. The van der Waals surface area contributed by atoms with Crippen LogP contribution in [0.4, 0.5) is 0 Å². The second-order valence-electron chi connectivity index (χ2n) is 2.71. The molecular weight excluding hydrogens is 164 g/mol. The van der Waals surface area contributed by atoms with Gasteiger partial charge in [0, 0.05) is 1.43 Å². The van der Waals surface area contributed by atoms with Crippen molar-refractivity contribution in [1.82, 2.24) is 0 Å². The van der Waals surface area contributed by atoms with E-state index in [4.69, 9.17) is 4.79 Å². The summed E-state index contributed by atoms with van der Waals surface area (Å²) >= 11 is 0. The summed E-state index contributed by atoms with van der Waals surface area (Å²) in [5.74, 6) is 1.05.